The molecule has 1 saturated heterocycles. The topological polar surface area (TPSA) is 29.3 Å². The maximum Gasteiger partial charge on any atom is 0.0564 e. The van der Waals surface area contributed by atoms with Gasteiger partial charge in [0.1, 0.15) is 0 Å². The third kappa shape index (κ3) is 3.53. The summed E-state index contributed by atoms with van der Waals surface area (Å²) < 4.78 is 1.18. The van der Waals surface area contributed by atoms with E-state index in [1.54, 1.807) is 0 Å². The average molecular weight is 317 g/mol. The Bertz CT molecular complexity index is 353. The highest BCUT2D eigenvalue weighted by Gasteiger charge is 2.23. The summed E-state index contributed by atoms with van der Waals surface area (Å²) in [6.45, 7) is 5.48. The van der Waals surface area contributed by atoms with Crippen LogP contribution in [0.25, 0.3) is 0 Å². The van der Waals surface area contributed by atoms with Crippen molar-refractivity contribution in [2.75, 3.05) is 19.6 Å². The van der Waals surface area contributed by atoms with Gasteiger partial charge in [0, 0.05) is 21.3 Å². The molecule has 17 heavy (non-hydrogen) atoms. The summed E-state index contributed by atoms with van der Waals surface area (Å²) in [4.78, 5) is 3.97. The predicted molar refractivity (Wildman–Crippen MR) is 78.4 cm³/mol. The molecular formula is C13H21BrN2S. The second-order valence-electron chi connectivity index (χ2n) is 4.99. The van der Waals surface area contributed by atoms with Crippen LogP contribution in [0.1, 0.15) is 37.1 Å². The molecule has 2 rings (SSSR count). The Balaban J connectivity index is 2.07. The van der Waals surface area contributed by atoms with Gasteiger partial charge in [-0.2, -0.15) is 0 Å². The molecule has 0 spiro atoms. The zero-order valence-corrected chi connectivity index (χ0v) is 12.8. The molecule has 0 radical (unpaired) electrons. The Morgan fingerprint density at radius 3 is 3.00 bits per heavy atom. The minimum Gasteiger partial charge on any atom is -0.329 e. The lowest BCUT2D eigenvalue weighted by Gasteiger charge is -2.28. The lowest BCUT2D eigenvalue weighted by Crippen LogP contribution is -2.34. The minimum absolute atomic E-state index is 0.414. The van der Waals surface area contributed by atoms with Gasteiger partial charge in [0.05, 0.1) is 6.04 Å². The zero-order valence-electron chi connectivity index (χ0n) is 10.4. The van der Waals surface area contributed by atoms with Crippen LogP contribution in [-0.4, -0.2) is 24.5 Å². The summed E-state index contributed by atoms with van der Waals surface area (Å²) in [6, 6.07) is 2.63. The van der Waals surface area contributed by atoms with Gasteiger partial charge in [-0.3, -0.25) is 4.90 Å². The summed E-state index contributed by atoms with van der Waals surface area (Å²) in [5, 5.41) is 2.15. The first-order valence-electron chi connectivity index (χ1n) is 6.38. The molecule has 4 heteroatoms. The van der Waals surface area contributed by atoms with Gasteiger partial charge in [-0.15, -0.1) is 11.3 Å². The van der Waals surface area contributed by atoms with E-state index < -0.39 is 0 Å². The van der Waals surface area contributed by atoms with Gasteiger partial charge in [-0.25, -0.2) is 0 Å². The molecule has 0 bridgehead atoms. The first kappa shape index (κ1) is 13.5. The molecule has 2 heterocycles. The molecule has 1 aromatic heterocycles. The van der Waals surface area contributed by atoms with E-state index >= 15 is 0 Å². The van der Waals surface area contributed by atoms with Crippen LogP contribution in [0.4, 0.5) is 0 Å². The van der Waals surface area contributed by atoms with Crippen molar-refractivity contribution in [3.63, 3.8) is 0 Å². The molecule has 0 aliphatic carbocycles. The molecule has 1 aliphatic rings. The first-order valence-corrected chi connectivity index (χ1v) is 8.06. The van der Waals surface area contributed by atoms with E-state index in [2.05, 4.69) is 39.2 Å². The van der Waals surface area contributed by atoms with Crippen LogP contribution in [0.3, 0.4) is 0 Å². The SMILES string of the molecule is CC1CCCN(C(CN)c2cc(Br)cs2)CC1. The summed E-state index contributed by atoms with van der Waals surface area (Å²) >= 11 is 5.34. The number of hydrogen-bond donors (Lipinski definition) is 1. The van der Waals surface area contributed by atoms with Gasteiger partial charge in [-0.1, -0.05) is 6.92 Å². The van der Waals surface area contributed by atoms with E-state index in [0.29, 0.717) is 6.04 Å². The Morgan fingerprint density at radius 2 is 2.35 bits per heavy atom. The number of halogens is 1. The number of likely N-dealkylation sites (tertiary alicyclic amines) is 1. The molecule has 2 atom stereocenters. The van der Waals surface area contributed by atoms with Gasteiger partial charge in [-0.05, 0) is 60.3 Å². The Kier molecular flexibility index (Phi) is 5.03. The highest BCUT2D eigenvalue weighted by molar-refractivity contribution is 9.10. The second-order valence-corrected chi connectivity index (χ2v) is 6.85. The van der Waals surface area contributed by atoms with E-state index in [9.17, 15) is 0 Å². The molecule has 0 aromatic carbocycles. The van der Waals surface area contributed by atoms with Gasteiger partial charge in [0.25, 0.3) is 0 Å². The van der Waals surface area contributed by atoms with Crippen LogP contribution in [0, 0.1) is 5.92 Å². The van der Waals surface area contributed by atoms with Crippen LogP contribution < -0.4 is 5.73 Å². The first-order chi connectivity index (χ1) is 8.20. The Hall–Kier alpha value is 0.1000. The molecular weight excluding hydrogens is 296 g/mol. The highest BCUT2D eigenvalue weighted by atomic mass is 79.9. The second kappa shape index (κ2) is 6.32. The smallest absolute Gasteiger partial charge is 0.0564 e. The minimum atomic E-state index is 0.414. The van der Waals surface area contributed by atoms with Crippen LogP contribution >= 0.6 is 27.3 Å². The van der Waals surface area contributed by atoms with Crippen molar-refractivity contribution < 1.29 is 0 Å². The Morgan fingerprint density at radius 1 is 1.53 bits per heavy atom. The quantitative estimate of drug-likeness (QED) is 0.922. The van der Waals surface area contributed by atoms with Crippen molar-refractivity contribution in [2.24, 2.45) is 11.7 Å². The monoisotopic (exact) mass is 316 g/mol. The zero-order chi connectivity index (χ0) is 12.3. The largest absolute Gasteiger partial charge is 0.329 e. The summed E-state index contributed by atoms with van der Waals surface area (Å²) in [5.41, 5.74) is 5.98. The van der Waals surface area contributed by atoms with Crippen molar-refractivity contribution in [1.82, 2.24) is 4.90 Å². The number of nitrogens with zero attached hydrogens (tertiary/aromatic N) is 1. The fourth-order valence-electron chi connectivity index (χ4n) is 2.55. The van der Waals surface area contributed by atoms with Crippen molar-refractivity contribution >= 4 is 27.3 Å². The van der Waals surface area contributed by atoms with E-state index in [1.807, 2.05) is 11.3 Å². The van der Waals surface area contributed by atoms with Gasteiger partial charge >= 0.3 is 0 Å². The van der Waals surface area contributed by atoms with Crippen LogP contribution in [-0.2, 0) is 0 Å². The molecule has 0 amide bonds. The molecule has 96 valence electrons. The molecule has 1 aromatic rings. The normalized spacial score (nSPS) is 24.5. The Labute approximate surface area is 116 Å². The van der Waals surface area contributed by atoms with Gasteiger partial charge in [0.15, 0.2) is 0 Å². The van der Waals surface area contributed by atoms with Crippen molar-refractivity contribution in [1.29, 1.82) is 0 Å². The standard InChI is InChI=1S/C13H21BrN2S/c1-10-3-2-5-16(6-4-10)12(8-15)13-7-11(14)9-17-13/h7,9-10,12H,2-6,8,15H2,1H3. The van der Waals surface area contributed by atoms with E-state index in [0.717, 1.165) is 12.5 Å². The van der Waals surface area contributed by atoms with Gasteiger partial charge in [0.2, 0.25) is 0 Å². The van der Waals surface area contributed by atoms with Crippen LogP contribution in [0.5, 0.6) is 0 Å². The molecule has 2 unspecified atom stereocenters. The van der Waals surface area contributed by atoms with Crippen molar-refractivity contribution in [3.8, 4) is 0 Å². The molecule has 1 fully saturated rings. The lowest BCUT2D eigenvalue weighted by atomic mass is 10.0. The fourth-order valence-corrected chi connectivity index (χ4v) is 4.14. The lowest BCUT2D eigenvalue weighted by molar-refractivity contribution is 0.210. The maximum atomic E-state index is 5.98. The van der Waals surface area contributed by atoms with Crippen LogP contribution in [0.2, 0.25) is 0 Å². The van der Waals surface area contributed by atoms with Gasteiger partial charge < -0.3 is 5.73 Å². The van der Waals surface area contributed by atoms with E-state index in [-0.39, 0.29) is 0 Å². The van der Waals surface area contributed by atoms with Crippen molar-refractivity contribution in [3.05, 3.63) is 20.8 Å². The van der Waals surface area contributed by atoms with E-state index in [4.69, 9.17) is 5.73 Å². The predicted octanol–water partition coefficient (Wildman–Crippen LogP) is 3.63. The summed E-state index contributed by atoms with van der Waals surface area (Å²) in [7, 11) is 0. The third-order valence-corrected chi connectivity index (χ3v) is 5.43. The van der Waals surface area contributed by atoms with Crippen molar-refractivity contribution in [2.45, 2.75) is 32.2 Å². The summed E-state index contributed by atoms with van der Waals surface area (Å²) in [6.07, 6.45) is 3.98. The van der Waals surface area contributed by atoms with Crippen LogP contribution in [0.15, 0.2) is 15.9 Å². The molecule has 2 nitrogen and oxygen atoms in total. The molecule has 0 saturated carbocycles. The highest BCUT2D eigenvalue weighted by Crippen LogP contribution is 2.31. The number of hydrogen-bond acceptors (Lipinski definition) is 3. The number of rotatable bonds is 3. The average Bonchev–Trinajstić information content (AvgIpc) is 2.61. The molecule has 1 aliphatic heterocycles. The van der Waals surface area contributed by atoms with E-state index in [1.165, 1.54) is 41.7 Å². The maximum absolute atomic E-state index is 5.98. The fraction of sp³-hybridized carbons (Fsp3) is 0.692. The number of nitrogens with two attached hydrogens (primary N) is 1. The summed E-state index contributed by atoms with van der Waals surface area (Å²) in [5.74, 6) is 0.869. The number of thiophene rings is 1. The molecule has 2 N–H and O–H groups in total. The third-order valence-electron chi connectivity index (χ3n) is 3.63.